The molecule has 5 heteroatoms. The number of aliphatic hydroxyl groups is 1. The van der Waals surface area contributed by atoms with E-state index in [4.69, 9.17) is 9.47 Å². The van der Waals surface area contributed by atoms with E-state index in [-0.39, 0.29) is 6.10 Å². The first-order valence-electron chi connectivity index (χ1n) is 7.96. The Morgan fingerprint density at radius 1 is 0.955 bits per heavy atom. The van der Waals surface area contributed by atoms with Crippen LogP contribution in [0.25, 0.3) is 0 Å². The zero-order chi connectivity index (χ0) is 16.5. The highest BCUT2D eigenvalue weighted by Crippen LogP contribution is 2.31. The van der Waals surface area contributed by atoms with Crippen LogP contribution < -0.4 is 14.4 Å². The van der Waals surface area contributed by atoms with Crippen LogP contribution in [0.15, 0.2) is 18.2 Å². The molecule has 0 aliphatic heterocycles. The minimum absolute atomic E-state index is 0.382. The maximum absolute atomic E-state index is 10.3. The Labute approximate surface area is 134 Å². The topological polar surface area (TPSA) is 45.2 Å². The highest BCUT2D eigenvalue weighted by atomic mass is 16.5. The molecule has 1 aromatic carbocycles. The molecule has 0 heterocycles. The van der Waals surface area contributed by atoms with Crippen molar-refractivity contribution in [1.29, 1.82) is 0 Å². The quantitative estimate of drug-likeness (QED) is 0.718. The molecule has 1 unspecified atom stereocenters. The third-order valence-corrected chi connectivity index (χ3v) is 3.91. The van der Waals surface area contributed by atoms with E-state index in [9.17, 15) is 5.11 Å². The molecular formula is C17H30N2O3. The summed E-state index contributed by atoms with van der Waals surface area (Å²) in [7, 11) is 3.26. The van der Waals surface area contributed by atoms with E-state index < -0.39 is 0 Å². The maximum Gasteiger partial charge on any atom is 0.162 e. The molecule has 0 fully saturated rings. The van der Waals surface area contributed by atoms with E-state index in [0.29, 0.717) is 24.6 Å². The molecule has 0 amide bonds. The van der Waals surface area contributed by atoms with Crippen LogP contribution in [-0.4, -0.2) is 63.1 Å². The van der Waals surface area contributed by atoms with Crippen LogP contribution in [0.4, 0.5) is 5.69 Å². The van der Waals surface area contributed by atoms with E-state index in [0.717, 1.165) is 25.3 Å². The summed E-state index contributed by atoms with van der Waals surface area (Å²) in [4.78, 5) is 4.38. The van der Waals surface area contributed by atoms with Gasteiger partial charge < -0.3 is 24.4 Å². The number of nitrogens with zero attached hydrogens (tertiary/aromatic N) is 2. The van der Waals surface area contributed by atoms with Gasteiger partial charge in [-0.15, -0.1) is 0 Å². The normalized spacial score (nSPS) is 12.3. The first-order valence-corrected chi connectivity index (χ1v) is 7.96. The van der Waals surface area contributed by atoms with Gasteiger partial charge >= 0.3 is 0 Å². The van der Waals surface area contributed by atoms with Crippen LogP contribution in [0.3, 0.4) is 0 Å². The second kappa shape index (κ2) is 9.54. The molecule has 0 saturated heterocycles. The molecular weight excluding hydrogens is 280 g/mol. The maximum atomic E-state index is 10.3. The predicted octanol–water partition coefficient (Wildman–Crippen LogP) is 2.23. The van der Waals surface area contributed by atoms with Gasteiger partial charge in [0.05, 0.1) is 20.3 Å². The average molecular weight is 310 g/mol. The largest absolute Gasteiger partial charge is 0.493 e. The zero-order valence-electron chi connectivity index (χ0n) is 14.5. The van der Waals surface area contributed by atoms with Crippen LogP contribution in [0.1, 0.15) is 20.8 Å². The standard InChI is InChI=1S/C17H30N2O3/c1-6-18(7-2)12-15(20)13-19(8-3)14-9-10-16(21-4)17(11-14)22-5/h9-11,15,20H,6-8,12-13H2,1-5H3. The summed E-state index contributed by atoms with van der Waals surface area (Å²) < 4.78 is 10.6. The number of methoxy groups -OCH3 is 2. The van der Waals surface area contributed by atoms with E-state index in [2.05, 4.69) is 30.6 Å². The van der Waals surface area contributed by atoms with Crippen molar-refractivity contribution >= 4 is 5.69 Å². The second-order valence-corrected chi connectivity index (χ2v) is 5.22. The van der Waals surface area contributed by atoms with Crippen LogP contribution in [0.5, 0.6) is 11.5 Å². The molecule has 0 aromatic heterocycles. The molecule has 1 N–H and O–H groups in total. The highest BCUT2D eigenvalue weighted by molar-refractivity contribution is 5.56. The first kappa shape index (κ1) is 18.6. The lowest BCUT2D eigenvalue weighted by atomic mass is 10.2. The van der Waals surface area contributed by atoms with Crippen molar-refractivity contribution in [3.8, 4) is 11.5 Å². The molecule has 0 aliphatic carbocycles. The summed E-state index contributed by atoms with van der Waals surface area (Å²) in [6.45, 7) is 10.3. The molecule has 0 aliphatic rings. The number of rotatable bonds is 10. The summed E-state index contributed by atoms with van der Waals surface area (Å²) >= 11 is 0. The fraction of sp³-hybridized carbons (Fsp3) is 0.647. The lowest BCUT2D eigenvalue weighted by molar-refractivity contribution is 0.123. The van der Waals surface area contributed by atoms with Gasteiger partial charge in [0.15, 0.2) is 11.5 Å². The van der Waals surface area contributed by atoms with Crippen molar-refractivity contribution in [1.82, 2.24) is 4.90 Å². The Bertz CT molecular complexity index is 436. The molecule has 0 radical (unpaired) electrons. The van der Waals surface area contributed by atoms with Gasteiger partial charge in [0.25, 0.3) is 0 Å². The zero-order valence-corrected chi connectivity index (χ0v) is 14.5. The fourth-order valence-electron chi connectivity index (χ4n) is 2.53. The molecule has 0 saturated carbocycles. The Kier molecular flexibility index (Phi) is 8.06. The van der Waals surface area contributed by atoms with Crippen molar-refractivity contribution in [2.45, 2.75) is 26.9 Å². The molecule has 1 atom stereocenters. The third-order valence-electron chi connectivity index (χ3n) is 3.91. The Morgan fingerprint density at radius 3 is 2.09 bits per heavy atom. The molecule has 0 spiro atoms. The van der Waals surface area contributed by atoms with E-state index in [1.165, 1.54) is 0 Å². The summed E-state index contributed by atoms with van der Waals surface area (Å²) in [5, 5.41) is 10.3. The van der Waals surface area contributed by atoms with Crippen LogP contribution >= 0.6 is 0 Å². The van der Waals surface area contributed by atoms with Gasteiger partial charge in [0.2, 0.25) is 0 Å². The van der Waals surface area contributed by atoms with E-state index in [1.807, 2.05) is 18.2 Å². The second-order valence-electron chi connectivity index (χ2n) is 5.22. The number of hydrogen-bond donors (Lipinski definition) is 1. The van der Waals surface area contributed by atoms with Gasteiger partial charge in [-0.3, -0.25) is 0 Å². The van der Waals surface area contributed by atoms with Crippen LogP contribution in [0, 0.1) is 0 Å². The predicted molar refractivity (Wildman–Crippen MR) is 91.2 cm³/mol. The van der Waals surface area contributed by atoms with Gasteiger partial charge in [0, 0.05) is 31.4 Å². The van der Waals surface area contributed by atoms with Crippen molar-refractivity contribution in [2.75, 3.05) is 51.8 Å². The van der Waals surface area contributed by atoms with Gasteiger partial charge in [-0.05, 0) is 32.1 Å². The summed E-state index contributed by atoms with van der Waals surface area (Å²) in [5.41, 5.74) is 1.03. The Balaban J connectivity index is 2.79. The number of anilines is 1. The molecule has 126 valence electrons. The van der Waals surface area contributed by atoms with Crippen molar-refractivity contribution in [3.05, 3.63) is 18.2 Å². The molecule has 5 nitrogen and oxygen atoms in total. The molecule has 1 rings (SSSR count). The molecule has 22 heavy (non-hydrogen) atoms. The van der Waals surface area contributed by atoms with Crippen LogP contribution in [-0.2, 0) is 0 Å². The number of hydrogen-bond acceptors (Lipinski definition) is 5. The number of aliphatic hydroxyl groups excluding tert-OH is 1. The van der Waals surface area contributed by atoms with Crippen molar-refractivity contribution in [3.63, 3.8) is 0 Å². The minimum Gasteiger partial charge on any atom is -0.493 e. The highest BCUT2D eigenvalue weighted by Gasteiger charge is 2.15. The SMILES string of the molecule is CCN(CC)CC(O)CN(CC)c1ccc(OC)c(OC)c1. The Hall–Kier alpha value is -1.46. The number of likely N-dealkylation sites (N-methyl/N-ethyl adjacent to an activating group) is 2. The van der Waals surface area contributed by atoms with Gasteiger partial charge in [-0.1, -0.05) is 13.8 Å². The third kappa shape index (κ3) is 5.07. The molecule has 1 aromatic rings. The van der Waals surface area contributed by atoms with E-state index in [1.54, 1.807) is 14.2 Å². The van der Waals surface area contributed by atoms with Crippen LogP contribution in [0.2, 0.25) is 0 Å². The fourth-order valence-corrected chi connectivity index (χ4v) is 2.53. The number of benzene rings is 1. The average Bonchev–Trinajstić information content (AvgIpc) is 2.56. The monoisotopic (exact) mass is 310 g/mol. The van der Waals surface area contributed by atoms with Gasteiger partial charge in [0.1, 0.15) is 0 Å². The Morgan fingerprint density at radius 2 is 1.59 bits per heavy atom. The lowest BCUT2D eigenvalue weighted by Crippen LogP contribution is -2.40. The van der Waals surface area contributed by atoms with Gasteiger partial charge in [-0.25, -0.2) is 0 Å². The summed E-state index contributed by atoms with van der Waals surface area (Å²) in [5.74, 6) is 1.42. The van der Waals surface area contributed by atoms with Gasteiger partial charge in [-0.2, -0.15) is 0 Å². The summed E-state index contributed by atoms with van der Waals surface area (Å²) in [6.07, 6.45) is -0.382. The lowest BCUT2D eigenvalue weighted by Gasteiger charge is -2.29. The molecule has 0 bridgehead atoms. The van der Waals surface area contributed by atoms with Crippen molar-refractivity contribution < 1.29 is 14.6 Å². The summed E-state index contributed by atoms with van der Waals surface area (Å²) in [6, 6.07) is 5.84. The van der Waals surface area contributed by atoms with Crippen molar-refractivity contribution in [2.24, 2.45) is 0 Å². The van der Waals surface area contributed by atoms with E-state index >= 15 is 0 Å². The number of ether oxygens (including phenoxy) is 2. The smallest absolute Gasteiger partial charge is 0.162 e. The first-order chi connectivity index (χ1) is 10.6. The minimum atomic E-state index is -0.382.